The Morgan fingerprint density at radius 2 is 1.65 bits per heavy atom. The topological polar surface area (TPSA) is 32.3 Å². The molecule has 1 aromatic rings. The lowest BCUT2D eigenvalue weighted by atomic mass is 10.2. The molecule has 1 saturated heterocycles. The van der Waals surface area contributed by atoms with E-state index in [2.05, 4.69) is 5.32 Å². The van der Waals surface area contributed by atoms with Gasteiger partial charge in [0, 0.05) is 41.8 Å². The molecule has 1 fully saturated rings. The standard InChI is InChI=1S/C15H20Cl2N2O/c16-12-9-13(17)11-14(10-12)18-6-5-15(20)19-7-3-1-2-4-8-19/h9-11,18H,1-8H2. The number of halogens is 2. The van der Waals surface area contributed by atoms with E-state index in [4.69, 9.17) is 23.2 Å². The summed E-state index contributed by atoms with van der Waals surface area (Å²) in [6.07, 6.45) is 5.24. The Labute approximate surface area is 130 Å². The highest BCUT2D eigenvalue weighted by molar-refractivity contribution is 6.35. The quantitative estimate of drug-likeness (QED) is 0.903. The number of carbonyl (C=O) groups excluding carboxylic acids is 1. The summed E-state index contributed by atoms with van der Waals surface area (Å²) >= 11 is 11.9. The highest BCUT2D eigenvalue weighted by Crippen LogP contribution is 2.22. The molecule has 0 unspecified atom stereocenters. The predicted octanol–water partition coefficient (Wildman–Crippen LogP) is 4.20. The Balaban J connectivity index is 1.78. The molecular weight excluding hydrogens is 295 g/mol. The van der Waals surface area contributed by atoms with E-state index < -0.39 is 0 Å². The van der Waals surface area contributed by atoms with E-state index in [-0.39, 0.29) is 5.91 Å². The predicted molar refractivity (Wildman–Crippen MR) is 84.6 cm³/mol. The molecule has 5 heteroatoms. The van der Waals surface area contributed by atoms with E-state index in [0.29, 0.717) is 23.0 Å². The molecule has 20 heavy (non-hydrogen) atoms. The molecule has 0 atom stereocenters. The van der Waals surface area contributed by atoms with Gasteiger partial charge in [-0.25, -0.2) is 0 Å². The largest absolute Gasteiger partial charge is 0.384 e. The van der Waals surface area contributed by atoms with Crippen molar-refractivity contribution in [3.05, 3.63) is 28.2 Å². The Morgan fingerprint density at radius 3 is 2.25 bits per heavy atom. The van der Waals surface area contributed by atoms with Crippen LogP contribution in [-0.4, -0.2) is 30.4 Å². The van der Waals surface area contributed by atoms with Gasteiger partial charge in [-0.05, 0) is 31.0 Å². The van der Waals surface area contributed by atoms with E-state index in [0.717, 1.165) is 31.6 Å². The van der Waals surface area contributed by atoms with Crippen LogP contribution in [0.2, 0.25) is 10.0 Å². The molecule has 0 spiro atoms. The highest BCUT2D eigenvalue weighted by Gasteiger charge is 2.14. The Bertz CT molecular complexity index is 437. The van der Waals surface area contributed by atoms with Gasteiger partial charge in [0.2, 0.25) is 5.91 Å². The minimum Gasteiger partial charge on any atom is -0.384 e. The van der Waals surface area contributed by atoms with Crippen LogP contribution in [0.1, 0.15) is 32.1 Å². The van der Waals surface area contributed by atoms with Gasteiger partial charge in [-0.2, -0.15) is 0 Å². The minimum absolute atomic E-state index is 0.229. The molecule has 0 saturated carbocycles. The Morgan fingerprint density at radius 1 is 1.05 bits per heavy atom. The average molecular weight is 315 g/mol. The first kappa shape index (κ1) is 15.5. The van der Waals surface area contributed by atoms with Gasteiger partial charge < -0.3 is 10.2 Å². The average Bonchev–Trinajstić information content (AvgIpc) is 2.66. The molecule has 1 aliphatic rings. The molecule has 0 radical (unpaired) electrons. The smallest absolute Gasteiger partial charge is 0.224 e. The SMILES string of the molecule is O=C(CCNc1cc(Cl)cc(Cl)c1)N1CCCCCC1. The number of amides is 1. The van der Waals surface area contributed by atoms with E-state index in [1.165, 1.54) is 12.8 Å². The van der Waals surface area contributed by atoms with Crippen molar-refractivity contribution in [2.75, 3.05) is 25.0 Å². The van der Waals surface area contributed by atoms with Crippen LogP contribution in [0.3, 0.4) is 0 Å². The summed E-state index contributed by atoms with van der Waals surface area (Å²) in [4.78, 5) is 14.1. The van der Waals surface area contributed by atoms with E-state index in [1.807, 2.05) is 17.0 Å². The second kappa shape index (κ2) is 7.75. The van der Waals surface area contributed by atoms with Gasteiger partial charge in [0.15, 0.2) is 0 Å². The maximum absolute atomic E-state index is 12.1. The molecule has 0 bridgehead atoms. The zero-order valence-corrected chi connectivity index (χ0v) is 13.0. The van der Waals surface area contributed by atoms with Crippen LogP contribution in [0.25, 0.3) is 0 Å². The molecule has 110 valence electrons. The van der Waals surface area contributed by atoms with E-state index in [9.17, 15) is 4.79 Å². The van der Waals surface area contributed by atoms with Crippen LogP contribution >= 0.6 is 23.2 Å². The fourth-order valence-corrected chi connectivity index (χ4v) is 2.97. The molecule has 3 nitrogen and oxygen atoms in total. The van der Waals surface area contributed by atoms with Crippen LogP contribution in [0.15, 0.2) is 18.2 Å². The number of anilines is 1. The fraction of sp³-hybridized carbons (Fsp3) is 0.533. The molecule has 1 aliphatic heterocycles. The summed E-state index contributed by atoms with van der Waals surface area (Å²) in [5.41, 5.74) is 0.853. The van der Waals surface area contributed by atoms with Crippen molar-refractivity contribution >= 4 is 34.8 Å². The maximum Gasteiger partial charge on any atom is 0.224 e. The molecule has 1 amide bonds. The molecule has 1 heterocycles. The Kier molecular flexibility index (Phi) is 5.99. The van der Waals surface area contributed by atoms with Crippen molar-refractivity contribution in [2.45, 2.75) is 32.1 Å². The summed E-state index contributed by atoms with van der Waals surface area (Å²) in [5, 5.41) is 4.39. The summed E-state index contributed by atoms with van der Waals surface area (Å²) in [6, 6.07) is 5.31. The van der Waals surface area contributed by atoms with E-state index >= 15 is 0 Å². The van der Waals surface area contributed by atoms with Crippen LogP contribution < -0.4 is 5.32 Å². The number of rotatable bonds is 4. The second-order valence-corrected chi connectivity index (χ2v) is 6.00. The van der Waals surface area contributed by atoms with Gasteiger partial charge in [0.05, 0.1) is 0 Å². The lowest BCUT2D eigenvalue weighted by Gasteiger charge is -2.20. The van der Waals surface area contributed by atoms with Crippen molar-refractivity contribution < 1.29 is 4.79 Å². The first-order valence-electron chi connectivity index (χ1n) is 7.13. The van der Waals surface area contributed by atoms with Gasteiger partial charge in [0.25, 0.3) is 0 Å². The van der Waals surface area contributed by atoms with Gasteiger partial charge >= 0.3 is 0 Å². The minimum atomic E-state index is 0.229. The number of hydrogen-bond donors (Lipinski definition) is 1. The summed E-state index contributed by atoms with van der Waals surface area (Å²) in [6.45, 7) is 2.41. The fourth-order valence-electron chi connectivity index (χ4n) is 2.45. The number of hydrogen-bond acceptors (Lipinski definition) is 2. The number of likely N-dealkylation sites (tertiary alicyclic amines) is 1. The Hall–Kier alpha value is -0.930. The lowest BCUT2D eigenvalue weighted by Crippen LogP contribution is -2.32. The highest BCUT2D eigenvalue weighted by atomic mass is 35.5. The first-order chi connectivity index (χ1) is 9.65. The van der Waals surface area contributed by atoms with Crippen molar-refractivity contribution in [1.29, 1.82) is 0 Å². The third-order valence-electron chi connectivity index (χ3n) is 3.49. The third-order valence-corrected chi connectivity index (χ3v) is 3.93. The first-order valence-corrected chi connectivity index (χ1v) is 7.88. The monoisotopic (exact) mass is 314 g/mol. The normalized spacial score (nSPS) is 15.8. The maximum atomic E-state index is 12.1. The number of nitrogens with zero attached hydrogens (tertiary/aromatic N) is 1. The van der Waals surface area contributed by atoms with Crippen LogP contribution in [0.4, 0.5) is 5.69 Å². The molecular formula is C15H20Cl2N2O. The summed E-state index contributed by atoms with van der Waals surface area (Å²) in [7, 11) is 0. The molecule has 2 rings (SSSR count). The number of carbonyl (C=O) groups is 1. The van der Waals surface area contributed by atoms with Crippen LogP contribution in [0, 0.1) is 0 Å². The van der Waals surface area contributed by atoms with Crippen LogP contribution in [-0.2, 0) is 4.79 Å². The lowest BCUT2D eigenvalue weighted by molar-refractivity contribution is -0.130. The van der Waals surface area contributed by atoms with Gasteiger partial charge in [-0.15, -0.1) is 0 Å². The molecule has 1 N–H and O–H groups in total. The van der Waals surface area contributed by atoms with Crippen molar-refractivity contribution in [3.8, 4) is 0 Å². The van der Waals surface area contributed by atoms with Gasteiger partial charge in [0.1, 0.15) is 0 Å². The molecule has 0 aromatic heterocycles. The van der Waals surface area contributed by atoms with Gasteiger partial charge in [-0.1, -0.05) is 36.0 Å². The number of benzene rings is 1. The summed E-state index contributed by atoms with van der Waals surface area (Å²) < 4.78 is 0. The third kappa shape index (κ3) is 4.88. The molecule has 0 aliphatic carbocycles. The van der Waals surface area contributed by atoms with Crippen molar-refractivity contribution in [2.24, 2.45) is 0 Å². The zero-order valence-electron chi connectivity index (χ0n) is 11.5. The van der Waals surface area contributed by atoms with Crippen molar-refractivity contribution in [1.82, 2.24) is 4.90 Å². The van der Waals surface area contributed by atoms with Crippen molar-refractivity contribution in [3.63, 3.8) is 0 Å². The number of nitrogens with one attached hydrogen (secondary N) is 1. The van der Waals surface area contributed by atoms with Crippen LogP contribution in [0.5, 0.6) is 0 Å². The van der Waals surface area contributed by atoms with E-state index in [1.54, 1.807) is 6.07 Å². The zero-order chi connectivity index (χ0) is 14.4. The summed E-state index contributed by atoms with van der Waals surface area (Å²) in [5.74, 6) is 0.229. The van der Waals surface area contributed by atoms with Gasteiger partial charge in [-0.3, -0.25) is 4.79 Å². The second-order valence-electron chi connectivity index (χ2n) is 5.13. The molecule has 1 aromatic carbocycles.